The van der Waals surface area contributed by atoms with E-state index in [1.807, 2.05) is 0 Å². The molecule has 1 aliphatic heterocycles. The third-order valence-corrected chi connectivity index (χ3v) is 5.06. The van der Waals surface area contributed by atoms with Crippen LogP contribution in [0.1, 0.15) is 38.5 Å². The Kier molecular flexibility index (Phi) is 4.18. The summed E-state index contributed by atoms with van der Waals surface area (Å²) in [5, 5.41) is 3.60. The van der Waals surface area contributed by atoms with Crippen molar-refractivity contribution in [2.45, 2.75) is 44.6 Å². The Bertz CT molecular complexity index is 160. The molecular formula is C12H23NS. The lowest BCUT2D eigenvalue weighted by molar-refractivity contribution is 0.258. The van der Waals surface area contributed by atoms with Crippen LogP contribution in [0.25, 0.3) is 0 Å². The Labute approximate surface area is 92.4 Å². The van der Waals surface area contributed by atoms with Gasteiger partial charge in [-0.1, -0.05) is 12.8 Å². The standard InChI is InChI=1S/C12H23NS/c1-13-12(10-4-2-3-5-10)11-6-8-14-9-7-11/h10-13H,2-9H2,1H3. The van der Waals surface area contributed by atoms with Crippen LogP contribution in [0, 0.1) is 11.8 Å². The normalized spacial score (nSPS) is 28.1. The van der Waals surface area contributed by atoms with Crippen molar-refractivity contribution in [3.05, 3.63) is 0 Å². The lowest BCUT2D eigenvalue weighted by Crippen LogP contribution is -2.40. The van der Waals surface area contributed by atoms with E-state index in [1.54, 1.807) is 0 Å². The lowest BCUT2D eigenvalue weighted by Gasteiger charge is -2.33. The Morgan fingerprint density at radius 2 is 1.57 bits per heavy atom. The zero-order valence-electron chi connectivity index (χ0n) is 9.30. The molecule has 1 heterocycles. The van der Waals surface area contributed by atoms with Crippen molar-refractivity contribution >= 4 is 11.8 Å². The summed E-state index contributed by atoms with van der Waals surface area (Å²) >= 11 is 2.14. The van der Waals surface area contributed by atoms with Crippen LogP contribution >= 0.6 is 11.8 Å². The maximum atomic E-state index is 3.60. The molecule has 1 N–H and O–H groups in total. The summed E-state index contributed by atoms with van der Waals surface area (Å²) in [6.45, 7) is 0. The Morgan fingerprint density at radius 3 is 2.14 bits per heavy atom. The molecule has 1 aliphatic carbocycles. The van der Waals surface area contributed by atoms with Gasteiger partial charge in [-0.25, -0.2) is 0 Å². The maximum Gasteiger partial charge on any atom is 0.0121 e. The van der Waals surface area contributed by atoms with Crippen LogP contribution < -0.4 is 5.32 Å². The zero-order chi connectivity index (χ0) is 9.80. The molecule has 2 heteroatoms. The fourth-order valence-electron chi connectivity index (χ4n) is 3.25. The van der Waals surface area contributed by atoms with E-state index >= 15 is 0 Å². The molecule has 1 nitrogen and oxygen atoms in total. The van der Waals surface area contributed by atoms with Crippen molar-refractivity contribution in [1.29, 1.82) is 0 Å². The molecule has 2 fully saturated rings. The quantitative estimate of drug-likeness (QED) is 0.773. The first-order valence-corrected chi connectivity index (χ1v) is 7.32. The minimum atomic E-state index is 0.832. The van der Waals surface area contributed by atoms with Crippen LogP contribution in [0.5, 0.6) is 0 Å². The molecule has 2 aliphatic rings. The molecule has 0 spiro atoms. The summed E-state index contributed by atoms with van der Waals surface area (Å²) in [5.74, 6) is 4.77. The summed E-state index contributed by atoms with van der Waals surface area (Å²) in [5.41, 5.74) is 0. The molecular weight excluding hydrogens is 190 g/mol. The van der Waals surface area contributed by atoms with Crippen molar-refractivity contribution in [1.82, 2.24) is 5.32 Å². The third kappa shape index (κ3) is 2.46. The van der Waals surface area contributed by atoms with Crippen molar-refractivity contribution in [3.63, 3.8) is 0 Å². The molecule has 1 saturated heterocycles. The predicted molar refractivity (Wildman–Crippen MR) is 64.9 cm³/mol. The molecule has 82 valence electrons. The minimum Gasteiger partial charge on any atom is -0.316 e. The first-order valence-electron chi connectivity index (χ1n) is 6.17. The van der Waals surface area contributed by atoms with E-state index in [0.717, 1.165) is 17.9 Å². The molecule has 0 aromatic carbocycles. The van der Waals surface area contributed by atoms with Gasteiger partial charge in [-0.2, -0.15) is 11.8 Å². The van der Waals surface area contributed by atoms with Crippen LogP contribution in [0.4, 0.5) is 0 Å². The monoisotopic (exact) mass is 213 g/mol. The number of hydrogen-bond acceptors (Lipinski definition) is 2. The SMILES string of the molecule is CNC(C1CCCC1)C1CCSCC1. The van der Waals surface area contributed by atoms with E-state index < -0.39 is 0 Å². The molecule has 1 unspecified atom stereocenters. The second-order valence-corrected chi connectivity index (χ2v) is 6.03. The van der Waals surface area contributed by atoms with Gasteiger partial charge in [-0.3, -0.25) is 0 Å². The van der Waals surface area contributed by atoms with Gasteiger partial charge in [0.1, 0.15) is 0 Å². The second-order valence-electron chi connectivity index (χ2n) is 4.81. The molecule has 2 rings (SSSR count). The summed E-state index contributed by atoms with van der Waals surface area (Å²) in [6.07, 6.45) is 8.82. The summed E-state index contributed by atoms with van der Waals surface area (Å²) in [6, 6.07) is 0.832. The first-order chi connectivity index (χ1) is 6.92. The van der Waals surface area contributed by atoms with Crippen LogP contribution in [-0.2, 0) is 0 Å². The van der Waals surface area contributed by atoms with Gasteiger partial charge in [0, 0.05) is 6.04 Å². The molecule has 0 radical (unpaired) electrons. The highest BCUT2D eigenvalue weighted by Crippen LogP contribution is 2.35. The Hall–Kier alpha value is 0.310. The molecule has 1 saturated carbocycles. The van der Waals surface area contributed by atoms with E-state index in [4.69, 9.17) is 0 Å². The molecule has 14 heavy (non-hydrogen) atoms. The summed E-state index contributed by atoms with van der Waals surface area (Å²) in [4.78, 5) is 0. The predicted octanol–water partition coefficient (Wildman–Crippen LogP) is 2.91. The van der Waals surface area contributed by atoms with Gasteiger partial charge < -0.3 is 5.32 Å². The number of nitrogens with one attached hydrogen (secondary N) is 1. The highest BCUT2D eigenvalue weighted by molar-refractivity contribution is 7.99. The van der Waals surface area contributed by atoms with Crippen LogP contribution in [0.3, 0.4) is 0 Å². The van der Waals surface area contributed by atoms with Crippen LogP contribution in [0.15, 0.2) is 0 Å². The van der Waals surface area contributed by atoms with E-state index in [0.29, 0.717) is 0 Å². The topological polar surface area (TPSA) is 12.0 Å². The largest absolute Gasteiger partial charge is 0.316 e. The molecule has 0 bridgehead atoms. The smallest absolute Gasteiger partial charge is 0.0121 e. The average Bonchev–Trinajstić information content (AvgIpc) is 2.74. The minimum absolute atomic E-state index is 0.832. The van der Waals surface area contributed by atoms with Crippen molar-refractivity contribution in [2.24, 2.45) is 11.8 Å². The van der Waals surface area contributed by atoms with E-state index in [-0.39, 0.29) is 0 Å². The van der Waals surface area contributed by atoms with Gasteiger partial charge in [-0.15, -0.1) is 0 Å². The molecule has 0 aromatic heterocycles. The molecule has 1 atom stereocenters. The fourth-order valence-corrected chi connectivity index (χ4v) is 4.39. The summed E-state index contributed by atoms with van der Waals surface area (Å²) < 4.78 is 0. The van der Waals surface area contributed by atoms with Gasteiger partial charge >= 0.3 is 0 Å². The fraction of sp³-hybridized carbons (Fsp3) is 1.00. The maximum absolute atomic E-state index is 3.60. The zero-order valence-corrected chi connectivity index (χ0v) is 10.1. The molecule has 0 amide bonds. The second kappa shape index (κ2) is 5.41. The number of rotatable bonds is 3. The van der Waals surface area contributed by atoms with Gasteiger partial charge in [0.05, 0.1) is 0 Å². The van der Waals surface area contributed by atoms with Gasteiger partial charge in [0.2, 0.25) is 0 Å². The van der Waals surface area contributed by atoms with Crippen LogP contribution in [-0.4, -0.2) is 24.6 Å². The highest BCUT2D eigenvalue weighted by atomic mass is 32.2. The Balaban J connectivity index is 1.89. The van der Waals surface area contributed by atoms with Crippen LogP contribution in [0.2, 0.25) is 0 Å². The highest BCUT2D eigenvalue weighted by Gasteiger charge is 2.30. The van der Waals surface area contributed by atoms with E-state index in [1.165, 1.54) is 50.0 Å². The van der Waals surface area contributed by atoms with E-state index in [9.17, 15) is 0 Å². The van der Waals surface area contributed by atoms with Crippen molar-refractivity contribution in [2.75, 3.05) is 18.6 Å². The molecule has 0 aromatic rings. The lowest BCUT2D eigenvalue weighted by atomic mass is 9.84. The summed E-state index contributed by atoms with van der Waals surface area (Å²) in [7, 11) is 2.17. The first kappa shape index (κ1) is 10.8. The Morgan fingerprint density at radius 1 is 1.00 bits per heavy atom. The number of hydrogen-bond donors (Lipinski definition) is 1. The third-order valence-electron chi connectivity index (χ3n) is 4.01. The van der Waals surface area contributed by atoms with Crippen molar-refractivity contribution < 1.29 is 0 Å². The van der Waals surface area contributed by atoms with Crippen molar-refractivity contribution in [3.8, 4) is 0 Å². The van der Waals surface area contributed by atoms with E-state index in [2.05, 4.69) is 24.1 Å². The average molecular weight is 213 g/mol. The number of thioether (sulfide) groups is 1. The van der Waals surface area contributed by atoms with Gasteiger partial charge in [-0.05, 0) is 56.1 Å². The van der Waals surface area contributed by atoms with Gasteiger partial charge in [0.15, 0.2) is 0 Å². The van der Waals surface area contributed by atoms with Gasteiger partial charge in [0.25, 0.3) is 0 Å².